The molecular weight excluding hydrogens is 328 g/mol. The molecule has 0 spiro atoms. The van der Waals surface area contributed by atoms with Gasteiger partial charge in [0.1, 0.15) is 0 Å². The number of urea groups is 1. The maximum atomic E-state index is 12.2. The van der Waals surface area contributed by atoms with Crippen molar-refractivity contribution >= 4 is 17.9 Å². The molecule has 1 rings (SSSR count). The molecule has 25 heavy (non-hydrogen) atoms. The van der Waals surface area contributed by atoms with Gasteiger partial charge in [0.05, 0.1) is 18.8 Å². The van der Waals surface area contributed by atoms with Gasteiger partial charge in [0.25, 0.3) is 5.91 Å². The molecule has 0 aromatic heterocycles. The predicted octanol–water partition coefficient (Wildman–Crippen LogP) is 1.87. The van der Waals surface area contributed by atoms with Crippen LogP contribution in [0.25, 0.3) is 0 Å². The summed E-state index contributed by atoms with van der Waals surface area (Å²) in [5, 5.41) is 4.50. The largest absolute Gasteiger partial charge is 0.490 e. The maximum absolute atomic E-state index is 12.2. The van der Waals surface area contributed by atoms with Crippen LogP contribution in [-0.2, 0) is 9.53 Å². The van der Waals surface area contributed by atoms with Gasteiger partial charge in [-0.15, -0.1) is 0 Å². The van der Waals surface area contributed by atoms with E-state index in [-0.39, 0.29) is 5.56 Å². The summed E-state index contributed by atoms with van der Waals surface area (Å²) in [6, 6.07) is 3.97. The number of hydrogen-bond acceptors (Lipinski definition) is 6. The smallest absolute Gasteiger partial charge is 0.339 e. The van der Waals surface area contributed by atoms with Crippen molar-refractivity contribution in [2.24, 2.45) is 0 Å². The van der Waals surface area contributed by atoms with Crippen LogP contribution >= 0.6 is 0 Å². The second kappa shape index (κ2) is 10.2. The molecule has 0 unspecified atom stereocenters. The Labute approximate surface area is 146 Å². The molecule has 8 heteroatoms. The number of benzene rings is 1. The monoisotopic (exact) mass is 352 g/mol. The Balaban J connectivity index is 2.77. The summed E-state index contributed by atoms with van der Waals surface area (Å²) in [6.45, 7) is 7.99. The standard InChI is InChI=1S/C17H24N2O6/c1-5-18-17(22)19-15(20)11(4)25-16(21)12-8-9-13(23-6-2)14(10-12)24-7-3/h8-11H,5-7H2,1-4H3,(H2,18,19,20,22)/t11-/m1/s1. The SMILES string of the molecule is CCNC(=O)NC(=O)[C@@H](C)OC(=O)c1ccc(OCC)c(OCC)c1. The lowest BCUT2D eigenvalue weighted by atomic mass is 10.2. The summed E-state index contributed by atoms with van der Waals surface area (Å²) in [5.74, 6) is -0.487. The van der Waals surface area contributed by atoms with Gasteiger partial charge in [-0.1, -0.05) is 0 Å². The minimum absolute atomic E-state index is 0.213. The zero-order valence-electron chi connectivity index (χ0n) is 14.9. The normalized spacial score (nSPS) is 11.2. The Morgan fingerprint density at radius 1 is 1.04 bits per heavy atom. The highest BCUT2D eigenvalue weighted by atomic mass is 16.5. The van der Waals surface area contributed by atoms with Gasteiger partial charge in [-0.2, -0.15) is 0 Å². The topological polar surface area (TPSA) is 103 Å². The van der Waals surface area contributed by atoms with Crippen molar-refractivity contribution in [3.8, 4) is 11.5 Å². The Kier molecular flexibility index (Phi) is 8.25. The number of hydrogen-bond donors (Lipinski definition) is 2. The van der Waals surface area contributed by atoms with E-state index < -0.39 is 24.0 Å². The molecule has 0 saturated heterocycles. The number of amides is 3. The molecule has 2 N–H and O–H groups in total. The third-order valence-corrected chi connectivity index (χ3v) is 3.01. The number of ether oxygens (including phenoxy) is 3. The highest BCUT2D eigenvalue weighted by Gasteiger charge is 2.21. The quantitative estimate of drug-likeness (QED) is 0.693. The molecule has 138 valence electrons. The zero-order chi connectivity index (χ0) is 18.8. The first-order valence-corrected chi connectivity index (χ1v) is 8.12. The zero-order valence-corrected chi connectivity index (χ0v) is 14.9. The molecule has 0 bridgehead atoms. The summed E-state index contributed by atoms with van der Waals surface area (Å²) < 4.78 is 16.0. The van der Waals surface area contributed by atoms with Crippen LogP contribution in [0.3, 0.4) is 0 Å². The van der Waals surface area contributed by atoms with E-state index in [1.165, 1.54) is 19.1 Å². The Hall–Kier alpha value is -2.77. The first-order chi connectivity index (χ1) is 11.9. The molecule has 0 saturated carbocycles. The highest BCUT2D eigenvalue weighted by molar-refractivity contribution is 5.98. The van der Waals surface area contributed by atoms with Crippen molar-refractivity contribution in [1.29, 1.82) is 0 Å². The molecule has 0 heterocycles. The molecular formula is C17H24N2O6. The number of carbonyl (C=O) groups is 3. The van der Waals surface area contributed by atoms with Gasteiger partial charge in [-0.3, -0.25) is 10.1 Å². The molecule has 0 radical (unpaired) electrons. The number of rotatable bonds is 8. The van der Waals surface area contributed by atoms with E-state index in [0.29, 0.717) is 31.3 Å². The van der Waals surface area contributed by atoms with Crippen LogP contribution in [0.1, 0.15) is 38.1 Å². The van der Waals surface area contributed by atoms with Gasteiger partial charge < -0.3 is 19.5 Å². The van der Waals surface area contributed by atoms with Gasteiger partial charge in [-0.25, -0.2) is 9.59 Å². The fourth-order valence-electron chi connectivity index (χ4n) is 1.88. The van der Waals surface area contributed by atoms with Crippen molar-refractivity contribution in [2.45, 2.75) is 33.8 Å². The molecule has 0 aliphatic heterocycles. The second-order valence-corrected chi connectivity index (χ2v) is 4.92. The molecule has 1 aromatic carbocycles. The molecule has 1 atom stereocenters. The lowest BCUT2D eigenvalue weighted by Gasteiger charge is -2.15. The van der Waals surface area contributed by atoms with Gasteiger partial charge in [-0.05, 0) is 45.9 Å². The summed E-state index contributed by atoms with van der Waals surface area (Å²) in [6.07, 6.45) is -1.13. The molecule has 0 aliphatic rings. The fourth-order valence-corrected chi connectivity index (χ4v) is 1.88. The van der Waals surface area contributed by atoms with Crippen LogP contribution in [0.15, 0.2) is 18.2 Å². The first-order valence-electron chi connectivity index (χ1n) is 8.12. The highest BCUT2D eigenvalue weighted by Crippen LogP contribution is 2.28. The predicted molar refractivity (Wildman–Crippen MR) is 90.9 cm³/mol. The molecule has 8 nitrogen and oxygen atoms in total. The van der Waals surface area contributed by atoms with E-state index >= 15 is 0 Å². The molecule has 0 aliphatic carbocycles. The van der Waals surface area contributed by atoms with Crippen molar-refractivity contribution in [3.05, 3.63) is 23.8 Å². The summed E-state index contributed by atoms with van der Waals surface area (Å²) in [4.78, 5) is 35.3. The van der Waals surface area contributed by atoms with Crippen LogP contribution < -0.4 is 20.1 Å². The van der Waals surface area contributed by atoms with E-state index in [9.17, 15) is 14.4 Å². The van der Waals surface area contributed by atoms with Crippen molar-refractivity contribution in [2.75, 3.05) is 19.8 Å². The summed E-state index contributed by atoms with van der Waals surface area (Å²) in [7, 11) is 0. The first kappa shape index (κ1) is 20.3. The van der Waals surface area contributed by atoms with Crippen LogP contribution in [0.5, 0.6) is 11.5 Å². The Morgan fingerprint density at radius 2 is 1.68 bits per heavy atom. The maximum Gasteiger partial charge on any atom is 0.339 e. The van der Waals surface area contributed by atoms with Crippen LogP contribution in [0.2, 0.25) is 0 Å². The minimum Gasteiger partial charge on any atom is -0.490 e. The average Bonchev–Trinajstić information content (AvgIpc) is 2.56. The van der Waals surface area contributed by atoms with Gasteiger partial charge in [0.2, 0.25) is 0 Å². The van der Waals surface area contributed by atoms with Crippen molar-refractivity contribution < 1.29 is 28.6 Å². The van der Waals surface area contributed by atoms with Gasteiger partial charge in [0, 0.05) is 6.54 Å². The van der Waals surface area contributed by atoms with Crippen molar-refractivity contribution in [1.82, 2.24) is 10.6 Å². The molecule has 1 aromatic rings. The van der Waals surface area contributed by atoms with Crippen molar-refractivity contribution in [3.63, 3.8) is 0 Å². The second-order valence-electron chi connectivity index (χ2n) is 4.92. The van der Waals surface area contributed by atoms with Crippen LogP contribution in [0.4, 0.5) is 4.79 Å². The van der Waals surface area contributed by atoms with E-state index in [1.807, 2.05) is 13.8 Å². The average molecular weight is 352 g/mol. The van der Waals surface area contributed by atoms with E-state index in [4.69, 9.17) is 14.2 Å². The number of imide groups is 1. The molecule has 0 fully saturated rings. The summed E-state index contributed by atoms with van der Waals surface area (Å²) >= 11 is 0. The van der Waals surface area contributed by atoms with E-state index in [0.717, 1.165) is 0 Å². The number of nitrogens with one attached hydrogen (secondary N) is 2. The lowest BCUT2D eigenvalue weighted by molar-refractivity contribution is -0.127. The molecule has 3 amide bonds. The van der Waals surface area contributed by atoms with Gasteiger partial charge in [0.15, 0.2) is 17.6 Å². The van der Waals surface area contributed by atoms with Crippen LogP contribution in [-0.4, -0.2) is 43.8 Å². The lowest BCUT2D eigenvalue weighted by Crippen LogP contribution is -2.44. The minimum atomic E-state index is -1.13. The van der Waals surface area contributed by atoms with Crippen LogP contribution in [0, 0.1) is 0 Å². The summed E-state index contributed by atoms with van der Waals surface area (Å²) in [5.41, 5.74) is 0.213. The number of carbonyl (C=O) groups excluding carboxylic acids is 3. The Morgan fingerprint density at radius 3 is 2.28 bits per heavy atom. The van der Waals surface area contributed by atoms with E-state index in [2.05, 4.69) is 10.6 Å². The Bertz CT molecular complexity index is 617. The van der Waals surface area contributed by atoms with E-state index in [1.54, 1.807) is 13.0 Å². The third kappa shape index (κ3) is 6.33. The van der Waals surface area contributed by atoms with Gasteiger partial charge >= 0.3 is 12.0 Å². The third-order valence-electron chi connectivity index (χ3n) is 3.01. The number of esters is 1. The fraction of sp³-hybridized carbons (Fsp3) is 0.471.